The first-order valence-electron chi connectivity index (χ1n) is 7.73. The first kappa shape index (κ1) is 17.5. The van der Waals surface area contributed by atoms with Gasteiger partial charge < -0.3 is 15.2 Å². The maximum Gasteiger partial charge on any atom is 0.335 e. The highest BCUT2D eigenvalue weighted by molar-refractivity contribution is 5.94. The Morgan fingerprint density at radius 3 is 2.58 bits per heavy atom. The van der Waals surface area contributed by atoms with Crippen molar-refractivity contribution >= 4 is 17.6 Å². The number of carbonyl (C=O) groups is 2. The predicted molar refractivity (Wildman–Crippen MR) is 92.8 cm³/mol. The minimum absolute atomic E-state index is 0.120. The Morgan fingerprint density at radius 1 is 1.17 bits per heavy atom. The van der Waals surface area contributed by atoms with Crippen LogP contribution in [0.4, 0.5) is 5.69 Å². The van der Waals surface area contributed by atoms with Crippen LogP contribution in [0.2, 0.25) is 0 Å². The molecule has 0 saturated heterocycles. The van der Waals surface area contributed by atoms with Crippen molar-refractivity contribution in [1.29, 1.82) is 0 Å². The molecule has 5 nitrogen and oxygen atoms in total. The predicted octanol–water partition coefficient (Wildman–Crippen LogP) is 3.83. The zero-order chi connectivity index (χ0) is 17.7. The Hall–Kier alpha value is -2.82. The van der Waals surface area contributed by atoms with Gasteiger partial charge in [0.1, 0.15) is 5.75 Å². The summed E-state index contributed by atoms with van der Waals surface area (Å²) in [4.78, 5) is 23.0. The van der Waals surface area contributed by atoms with Gasteiger partial charge >= 0.3 is 5.97 Å². The first-order chi connectivity index (χ1) is 11.4. The molecule has 0 aliphatic rings. The lowest BCUT2D eigenvalue weighted by atomic mass is 10.0. The van der Waals surface area contributed by atoms with Crippen LogP contribution in [0.3, 0.4) is 0 Å². The summed E-state index contributed by atoms with van der Waals surface area (Å²) in [5.74, 6) is -0.396. The Kier molecular flexibility index (Phi) is 5.58. The van der Waals surface area contributed by atoms with Crippen molar-refractivity contribution in [2.45, 2.75) is 26.7 Å². The molecule has 2 aromatic carbocycles. The molecule has 0 radical (unpaired) electrons. The third kappa shape index (κ3) is 4.59. The summed E-state index contributed by atoms with van der Waals surface area (Å²) in [6.45, 7) is 5.96. The van der Waals surface area contributed by atoms with E-state index in [1.165, 1.54) is 12.1 Å². The van der Waals surface area contributed by atoms with Gasteiger partial charge in [-0.05, 0) is 48.2 Å². The summed E-state index contributed by atoms with van der Waals surface area (Å²) >= 11 is 0. The zero-order valence-corrected chi connectivity index (χ0v) is 14.0. The lowest BCUT2D eigenvalue weighted by Crippen LogP contribution is -2.20. The average molecular weight is 327 g/mol. The summed E-state index contributed by atoms with van der Waals surface area (Å²) in [5.41, 5.74) is 2.65. The largest absolute Gasteiger partial charge is 0.483 e. The van der Waals surface area contributed by atoms with Crippen molar-refractivity contribution in [3.63, 3.8) is 0 Å². The van der Waals surface area contributed by atoms with Crippen LogP contribution in [-0.4, -0.2) is 23.6 Å². The Balaban J connectivity index is 2.02. The minimum Gasteiger partial charge on any atom is -0.483 e. The molecule has 2 N–H and O–H groups in total. The lowest BCUT2D eigenvalue weighted by molar-refractivity contribution is -0.118. The van der Waals surface area contributed by atoms with E-state index in [1.54, 1.807) is 12.1 Å². The van der Waals surface area contributed by atoms with E-state index in [4.69, 9.17) is 9.84 Å². The number of benzene rings is 2. The molecule has 0 aliphatic heterocycles. The van der Waals surface area contributed by atoms with E-state index in [0.29, 0.717) is 11.4 Å². The number of aryl methyl sites for hydroxylation is 1. The van der Waals surface area contributed by atoms with Crippen molar-refractivity contribution < 1.29 is 19.4 Å². The molecule has 0 spiro atoms. The number of hydrogen-bond donors (Lipinski definition) is 2. The van der Waals surface area contributed by atoms with E-state index < -0.39 is 5.97 Å². The standard InChI is InChI=1S/C19H21NO4/c1-12(2)16-8-7-13(3)9-17(16)24-11-18(21)20-15-6-4-5-14(10-15)19(22)23/h4-10,12H,11H2,1-3H3,(H,20,21)(H,22,23). The number of rotatable bonds is 6. The number of hydrogen-bond acceptors (Lipinski definition) is 3. The highest BCUT2D eigenvalue weighted by Crippen LogP contribution is 2.27. The Morgan fingerprint density at radius 2 is 1.92 bits per heavy atom. The number of amides is 1. The second kappa shape index (κ2) is 7.64. The van der Waals surface area contributed by atoms with Crippen LogP contribution in [0.5, 0.6) is 5.75 Å². The van der Waals surface area contributed by atoms with E-state index in [2.05, 4.69) is 19.2 Å². The van der Waals surface area contributed by atoms with Crippen LogP contribution in [0.15, 0.2) is 42.5 Å². The fraction of sp³-hybridized carbons (Fsp3) is 0.263. The summed E-state index contributed by atoms with van der Waals surface area (Å²) in [7, 11) is 0. The summed E-state index contributed by atoms with van der Waals surface area (Å²) in [5, 5.41) is 11.6. The molecule has 1 amide bonds. The van der Waals surface area contributed by atoms with Gasteiger partial charge in [-0.25, -0.2) is 4.79 Å². The minimum atomic E-state index is -1.04. The first-order valence-corrected chi connectivity index (χ1v) is 7.73. The van der Waals surface area contributed by atoms with Crippen molar-refractivity contribution in [3.8, 4) is 5.75 Å². The molecule has 5 heteroatoms. The van der Waals surface area contributed by atoms with Gasteiger partial charge in [0.15, 0.2) is 6.61 Å². The molecule has 0 unspecified atom stereocenters. The van der Waals surface area contributed by atoms with E-state index in [1.807, 2.05) is 25.1 Å². The van der Waals surface area contributed by atoms with Gasteiger partial charge in [0, 0.05) is 5.69 Å². The molecule has 0 bridgehead atoms. The Bertz CT molecular complexity index is 753. The van der Waals surface area contributed by atoms with E-state index in [9.17, 15) is 9.59 Å². The van der Waals surface area contributed by atoms with E-state index in [-0.39, 0.29) is 24.0 Å². The Labute approximate surface area is 141 Å². The van der Waals surface area contributed by atoms with Gasteiger partial charge in [0.2, 0.25) is 0 Å². The number of carboxylic acid groups (broad SMARTS) is 1. The van der Waals surface area contributed by atoms with Crippen molar-refractivity contribution in [3.05, 3.63) is 59.2 Å². The maximum atomic E-state index is 12.0. The molecule has 126 valence electrons. The number of carboxylic acids is 1. The van der Waals surface area contributed by atoms with Gasteiger partial charge in [0.25, 0.3) is 5.91 Å². The van der Waals surface area contributed by atoms with Crippen LogP contribution < -0.4 is 10.1 Å². The van der Waals surface area contributed by atoms with Crippen molar-refractivity contribution in [2.24, 2.45) is 0 Å². The molecular weight excluding hydrogens is 306 g/mol. The SMILES string of the molecule is Cc1ccc(C(C)C)c(OCC(=O)Nc2cccc(C(=O)O)c2)c1. The molecule has 0 atom stereocenters. The van der Waals surface area contributed by atoms with Crippen LogP contribution >= 0.6 is 0 Å². The third-order valence-corrected chi connectivity index (χ3v) is 3.54. The lowest BCUT2D eigenvalue weighted by Gasteiger charge is -2.15. The highest BCUT2D eigenvalue weighted by Gasteiger charge is 2.11. The van der Waals surface area contributed by atoms with Gasteiger partial charge in [-0.2, -0.15) is 0 Å². The molecular formula is C19H21NO4. The average Bonchev–Trinajstić information content (AvgIpc) is 2.53. The maximum absolute atomic E-state index is 12.0. The quantitative estimate of drug-likeness (QED) is 0.845. The van der Waals surface area contributed by atoms with Crippen LogP contribution in [0.1, 0.15) is 41.3 Å². The number of carbonyl (C=O) groups excluding carboxylic acids is 1. The summed E-state index contributed by atoms with van der Waals surface area (Å²) in [6.07, 6.45) is 0. The molecule has 0 fully saturated rings. The summed E-state index contributed by atoms with van der Waals surface area (Å²) in [6, 6.07) is 12.0. The monoisotopic (exact) mass is 327 g/mol. The second-order valence-corrected chi connectivity index (χ2v) is 5.92. The van der Waals surface area contributed by atoms with Gasteiger partial charge in [-0.1, -0.05) is 32.0 Å². The fourth-order valence-electron chi connectivity index (χ4n) is 2.31. The van der Waals surface area contributed by atoms with Gasteiger partial charge in [0.05, 0.1) is 5.56 Å². The topological polar surface area (TPSA) is 75.6 Å². The van der Waals surface area contributed by atoms with E-state index >= 15 is 0 Å². The third-order valence-electron chi connectivity index (χ3n) is 3.54. The number of anilines is 1. The molecule has 24 heavy (non-hydrogen) atoms. The highest BCUT2D eigenvalue weighted by atomic mass is 16.5. The van der Waals surface area contributed by atoms with Crippen molar-refractivity contribution in [1.82, 2.24) is 0 Å². The number of nitrogens with one attached hydrogen (secondary N) is 1. The molecule has 0 aromatic heterocycles. The number of ether oxygens (including phenoxy) is 1. The molecule has 0 saturated carbocycles. The molecule has 0 aliphatic carbocycles. The van der Waals surface area contributed by atoms with Crippen LogP contribution in [0.25, 0.3) is 0 Å². The molecule has 2 aromatic rings. The summed E-state index contributed by atoms with van der Waals surface area (Å²) < 4.78 is 5.66. The molecule has 2 rings (SSSR count). The van der Waals surface area contributed by atoms with Gasteiger partial charge in [-0.3, -0.25) is 4.79 Å². The van der Waals surface area contributed by atoms with E-state index in [0.717, 1.165) is 11.1 Å². The second-order valence-electron chi connectivity index (χ2n) is 5.92. The smallest absolute Gasteiger partial charge is 0.335 e. The van der Waals surface area contributed by atoms with Gasteiger partial charge in [-0.15, -0.1) is 0 Å². The van der Waals surface area contributed by atoms with Crippen LogP contribution in [-0.2, 0) is 4.79 Å². The number of aromatic carboxylic acids is 1. The normalized spacial score (nSPS) is 10.5. The fourth-order valence-corrected chi connectivity index (χ4v) is 2.31. The zero-order valence-electron chi connectivity index (χ0n) is 14.0. The van der Waals surface area contributed by atoms with Crippen molar-refractivity contribution in [2.75, 3.05) is 11.9 Å². The molecule has 0 heterocycles. The van der Waals surface area contributed by atoms with Crippen LogP contribution in [0, 0.1) is 6.92 Å².